The maximum atomic E-state index is 12.7. The molecule has 0 atom stereocenters. The molecule has 2 rings (SSSR count). The summed E-state index contributed by atoms with van der Waals surface area (Å²) in [5.41, 5.74) is -0.0721. The van der Waals surface area contributed by atoms with Gasteiger partial charge >= 0.3 is 12.1 Å². The Morgan fingerprint density at radius 2 is 1.96 bits per heavy atom. The van der Waals surface area contributed by atoms with E-state index in [4.69, 9.17) is 16.3 Å². The molecule has 150 valence electrons. The first kappa shape index (κ1) is 21.3. The number of carbonyl (C=O) groups is 2. The van der Waals surface area contributed by atoms with Crippen LogP contribution >= 0.6 is 11.6 Å². The Bertz CT molecular complexity index is 681. The number of ether oxygens (including phenoxy) is 1. The number of carbonyl (C=O) groups excluding carboxylic acids is 2. The van der Waals surface area contributed by atoms with Crippen molar-refractivity contribution in [3.8, 4) is 5.75 Å². The van der Waals surface area contributed by atoms with E-state index in [2.05, 4.69) is 10.2 Å². The molecule has 0 aromatic heterocycles. The average Bonchev–Trinajstić information content (AvgIpc) is 2.64. The van der Waals surface area contributed by atoms with Crippen LogP contribution in [0.4, 0.5) is 13.2 Å². The molecule has 1 aliphatic rings. The fourth-order valence-corrected chi connectivity index (χ4v) is 2.65. The van der Waals surface area contributed by atoms with Gasteiger partial charge in [0.15, 0.2) is 0 Å². The summed E-state index contributed by atoms with van der Waals surface area (Å²) < 4.78 is 42.8. The number of hydrogen-bond acceptors (Lipinski definition) is 6. The summed E-state index contributed by atoms with van der Waals surface area (Å²) in [6.07, 6.45) is -5.22. The lowest BCUT2D eigenvalue weighted by atomic mass is 10.2. The van der Waals surface area contributed by atoms with Crippen molar-refractivity contribution in [2.45, 2.75) is 6.18 Å². The van der Waals surface area contributed by atoms with Crippen molar-refractivity contribution >= 4 is 23.5 Å². The molecule has 1 N–H and O–H groups in total. The van der Waals surface area contributed by atoms with Crippen LogP contribution in [-0.2, 0) is 9.63 Å². The SMILES string of the molecule is COc1cc(Cl)ccc1C(=O)N(CCN1CCNCC1)OC(=O)C(F)(F)F. The van der Waals surface area contributed by atoms with Crippen molar-refractivity contribution in [2.24, 2.45) is 0 Å². The molecule has 1 heterocycles. The molecule has 0 saturated carbocycles. The Hall–Kier alpha value is -2.04. The maximum absolute atomic E-state index is 12.7. The first-order valence-corrected chi connectivity index (χ1v) is 8.47. The van der Waals surface area contributed by atoms with Crippen molar-refractivity contribution in [3.05, 3.63) is 28.8 Å². The minimum Gasteiger partial charge on any atom is -0.496 e. The van der Waals surface area contributed by atoms with Crippen LogP contribution in [0.2, 0.25) is 5.02 Å². The van der Waals surface area contributed by atoms with Crippen molar-refractivity contribution in [3.63, 3.8) is 0 Å². The van der Waals surface area contributed by atoms with Gasteiger partial charge in [-0.05, 0) is 18.2 Å². The molecule has 0 unspecified atom stereocenters. The van der Waals surface area contributed by atoms with Crippen molar-refractivity contribution in [1.82, 2.24) is 15.3 Å². The van der Waals surface area contributed by atoms with Crippen LogP contribution in [0.5, 0.6) is 5.75 Å². The number of methoxy groups -OCH3 is 1. The molecule has 1 aromatic carbocycles. The molecule has 27 heavy (non-hydrogen) atoms. The number of nitrogens with one attached hydrogen (secondary N) is 1. The highest BCUT2D eigenvalue weighted by atomic mass is 35.5. The van der Waals surface area contributed by atoms with E-state index in [-0.39, 0.29) is 29.4 Å². The van der Waals surface area contributed by atoms with Gasteiger partial charge in [-0.15, -0.1) is 0 Å². The zero-order valence-corrected chi connectivity index (χ0v) is 15.3. The second-order valence-electron chi connectivity index (χ2n) is 5.72. The molecular formula is C16H19ClF3N3O4. The van der Waals surface area contributed by atoms with Crippen molar-refractivity contribution in [2.75, 3.05) is 46.4 Å². The van der Waals surface area contributed by atoms with E-state index in [1.165, 1.54) is 25.3 Å². The molecule has 1 fully saturated rings. The van der Waals surface area contributed by atoms with E-state index < -0.39 is 18.1 Å². The molecule has 0 spiro atoms. The molecular weight excluding hydrogens is 391 g/mol. The van der Waals surface area contributed by atoms with E-state index in [1.807, 2.05) is 4.90 Å². The fraction of sp³-hybridized carbons (Fsp3) is 0.500. The smallest absolute Gasteiger partial charge is 0.493 e. The second-order valence-corrected chi connectivity index (χ2v) is 6.16. The van der Waals surface area contributed by atoms with Crippen LogP contribution in [0.25, 0.3) is 0 Å². The molecule has 1 saturated heterocycles. The Morgan fingerprint density at radius 3 is 2.56 bits per heavy atom. The van der Waals surface area contributed by atoms with Gasteiger partial charge in [0.25, 0.3) is 5.91 Å². The van der Waals surface area contributed by atoms with Crippen molar-refractivity contribution < 1.29 is 32.3 Å². The molecule has 7 nitrogen and oxygen atoms in total. The number of piperazine rings is 1. The number of halogens is 4. The highest BCUT2D eigenvalue weighted by Gasteiger charge is 2.43. The number of alkyl halides is 3. The maximum Gasteiger partial charge on any atom is 0.493 e. The van der Waals surface area contributed by atoms with E-state index in [9.17, 15) is 22.8 Å². The molecule has 1 amide bonds. The van der Waals surface area contributed by atoms with Gasteiger partial charge in [-0.25, -0.2) is 4.79 Å². The lowest BCUT2D eigenvalue weighted by Crippen LogP contribution is -2.48. The quantitative estimate of drug-likeness (QED) is 0.747. The highest BCUT2D eigenvalue weighted by molar-refractivity contribution is 6.30. The summed E-state index contributed by atoms with van der Waals surface area (Å²) in [5, 5.41) is 3.83. The first-order chi connectivity index (χ1) is 12.7. The number of hydroxylamine groups is 2. The fourth-order valence-electron chi connectivity index (χ4n) is 2.48. The summed E-state index contributed by atoms with van der Waals surface area (Å²) >= 11 is 5.84. The Kier molecular flexibility index (Phi) is 7.28. The van der Waals surface area contributed by atoms with Gasteiger partial charge in [-0.3, -0.25) is 9.69 Å². The molecule has 0 aliphatic carbocycles. The third-order valence-electron chi connectivity index (χ3n) is 3.87. The monoisotopic (exact) mass is 409 g/mol. The van der Waals surface area contributed by atoms with E-state index in [0.717, 1.165) is 13.1 Å². The molecule has 1 aromatic rings. The summed E-state index contributed by atoms with van der Waals surface area (Å²) in [5.74, 6) is -3.34. The van der Waals surface area contributed by atoms with Gasteiger partial charge in [0.05, 0.1) is 19.2 Å². The Morgan fingerprint density at radius 1 is 1.30 bits per heavy atom. The van der Waals surface area contributed by atoms with Gasteiger partial charge in [0, 0.05) is 37.7 Å². The van der Waals surface area contributed by atoms with Gasteiger partial charge in [-0.2, -0.15) is 18.2 Å². The minimum atomic E-state index is -5.22. The average molecular weight is 410 g/mol. The lowest BCUT2D eigenvalue weighted by molar-refractivity contribution is -0.228. The van der Waals surface area contributed by atoms with Crippen LogP contribution < -0.4 is 10.1 Å². The standard InChI is InChI=1S/C16H19ClF3N3O4/c1-26-13-10-11(17)2-3-12(13)14(24)23(27-15(25)16(18,19)20)9-8-22-6-4-21-5-7-22/h2-3,10,21H,4-9H2,1H3. The highest BCUT2D eigenvalue weighted by Crippen LogP contribution is 2.25. The topological polar surface area (TPSA) is 71.1 Å². The predicted molar refractivity (Wildman–Crippen MR) is 90.5 cm³/mol. The Balaban J connectivity index is 2.19. The number of benzene rings is 1. The third kappa shape index (κ3) is 5.98. The minimum absolute atomic E-state index is 0.0581. The number of hydrogen-bond donors (Lipinski definition) is 1. The normalized spacial score (nSPS) is 15.3. The molecule has 1 aliphatic heterocycles. The molecule has 0 bridgehead atoms. The van der Waals surface area contributed by atoms with Crippen LogP contribution in [-0.4, -0.2) is 74.4 Å². The second kappa shape index (κ2) is 9.25. The van der Waals surface area contributed by atoms with Gasteiger partial charge in [0.1, 0.15) is 5.75 Å². The van der Waals surface area contributed by atoms with Crippen LogP contribution in [0.15, 0.2) is 18.2 Å². The first-order valence-electron chi connectivity index (χ1n) is 8.10. The third-order valence-corrected chi connectivity index (χ3v) is 4.11. The van der Waals surface area contributed by atoms with E-state index >= 15 is 0 Å². The number of nitrogens with zero attached hydrogens (tertiary/aromatic N) is 2. The summed E-state index contributed by atoms with van der Waals surface area (Å²) in [4.78, 5) is 30.2. The van der Waals surface area contributed by atoms with E-state index in [1.54, 1.807) is 0 Å². The zero-order valence-electron chi connectivity index (χ0n) is 14.5. The van der Waals surface area contributed by atoms with Gasteiger partial charge < -0.3 is 14.9 Å². The molecule has 11 heteroatoms. The predicted octanol–water partition coefficient (Wildman–Crippen LogP) is 1.72. The summed E-state index contributed by atoms with van der Waals surface area (Å²) in [7, 11) is 1.29. The summed E-state index contributed by atoms with van der Waals surface area (Å²) in [6, 6.07) is 4.02. The van der Waals surface area contributed by atoms with Crippen LogP contribution in [0.3, 0.4) is 0 Å². The largest absolute Gasteiger partial charge is 0.496 e. The van der Waals surface area contributed by atoms with Crippen LogP contribution in [0, 0.1) is 0 Å². The summed E-state index contributed by atoms with van der Waals surface area (Å²) in [6.45, 7) is 2.79. The van der Waals surface area contributed by atoms with Gasteiger partial charge in [0.2, 0.25) is 0 Å². The zero-order chi connectivity index (χ0) is 20.0. The van der Waals surface area contributed by atoms with E-state index in [0.29, 0.717) is 18.2 Å². The van der Waals surface area contributed by atoms with Crippen LogP contribution in [0.1, 0.15) is 10.4 Å². The van der Waals surface area contributed by atoms with Gasteiger partial charge in [-0.1, -0.05) is 11.6 Å². The van der Waals surface area contributed by atoms with Crippen molar-refractivity contribution in [1.29, 1.82) is 0 Å². The molecule has 0 radical (unpaired) electrons. The number of rotatable bonds is 5. The number of amides is 1. The Labute approximate surface area is 158 Å². The lowest BCUT2D eigenvalue weighted by Gasteiger charge is -2.29.